The van der Waals surface area contributed by atoms with Crippen LogP contribution in [0.3, 0.4) is 0 Å². The molecule has 28 heavy (non-hydrogen) atoms. The number of carbonyl (C=O) groups is 1. The van der Waals surface area contributed by atoms with Crippen molar-refractivity contribution >= 4 is 61.9 Å². The lowest BCUT2D eigenvalue weighted by molar-refractivity contribution is -0.122. The van der Waals surface area contributed by atoms with Gasteiger partial charge in [0.2, 0.25) is 0 Å². The minimum absolute atomic E-state index is 0.00429. The van der Waals surface area contributed by atoms with Gasteiger partial charge in [-0.15, -0.1) is 0 Å². The molecule has 144 valence electrons. The lowest BCUT2D eigenvalue weighted by Crippen LogP contribution is -2.29. The van der Waals surface area contributed by atoms with Crippen LogP contribution in [0.25, 0.3) is 0 Å². The maximum Gasteiger partial charge on any atom is 0.269 e. The Morgan fingerprint density at radius 3 is 2.71 bits per heavy atom. The second-order valence-corrected chi connectivity index (χ2v) is 9.08. The van der Waals surface area contributed by atoms with Crippen LogP contribution < -0.4 is 9.64 Å². The topological polar surface area (TPSA) is 45.1 Å². The number of anilines is 1. The molecule has 0 spiro atoms. The quantitative estimate of drug-likeness (QED) is 0.552. The van der Waals surface area contributed by atoms with E-state index in [9.17, 15) is 4.79 Å². The maximum atomic E-state index is 13.1. The summed E-state index contributed by atoms with van der Waals surface area (Å²) in [4.78, 5) is 23.4. The normalized spacial score (nSPS) is 20.3. The van der Waals surface area contributed by atoms with Crippen molar-refractivity contribution in [2.75, 3.05) is 25.6 Å². The van der Waals surface area contributed by atoms with Gasteiger partial charge in [0, 0.05) is 29.0 Å². The average Bonchev–Trinajstić information content (AvgIpc) is 3.17. The number of likely N-dealkylation sites (N-methyl/N-ethyl adjacent to an activating group) is 1. The standard InChI is InChI=1S/C20H18BrN3O2S2/c1-4-24-18(25)17(28-20(24)22-13-7-5-6-12(21)10-13)19-23(2)15-11-14(26-3)8-9-16(15)27-19/h5-11H,4H2,1-3H3. The van der Waals surface area contributed by atoms with E-state index in [4.69, 9.17) is 9.73 Å². The van der Waals surface area contributed by atoms with Gasteiger partial charge in [-0.1, -0.05) is 33.8 Å². The summed E-state index contributed by atoms with van der Waals surface area (Å²) in [6.45, 7) is 2.54. The fraction of sp³-hybridized carbons (Fsp3) is 0.200. The van der Waals surface area contributed by atoms with Crippen molar-refractivity contribution in [1.29, 1.82) is 0 Å². The number of nitrogens with zero attached hydrogens (tertiary/aromatic N) is 3. The second-order valence-electron chi connectivity index (χ2n) is 6.15. The van der Waals surface area contributed by atoms with E-state index >= 15 is 0 Å². The Hall–Kier alpha value is -1.90. The van der Waals surface area contributed by atoms with E-state index in [0.717, 1.165) is 31.5 Å². The first-order valence-electron chi connectivity index (χ1n) is 8.69. The minimum Gasteiger partial charge on any atom is -0.497 e. The van der Waals surface area contributed by atoms with Gasteiger partial charge in [0.1, 0.15) is 10.7 Å². The summed E-state index contributed by atoms with van der Waals surface area (Å²) >= 11 is 6.51. The van der Waals surface area contributed by atoms with Gasteiger partial charge < -0.3 is 9.64 Å². The Kier molecular flexibility index (Phi) is 5.44. The van der Waals surface area contributed by atoms with Crippen LogP contribution in [0, 0.1) is 0 Å². The summed E-state index contributed by atoms with van der Waals surface area (Å²) in [5.41, 5.74) is 1.86. The molecule has 0 atom stereocenters. The first-order chi connectivity index (χ1) is 13.5. The molecule has 0 aliphatic carbocycles. The number of rotatable bonds is 3. The number of methoxy groups -OCH3 is 1. The molecule has 0 unspecified atom stereocenters. The fourth-order valence-corrected chi connectivity index (χ4v) is 5.78. The highest BCUT2D eigenvalue weighted by Gasteiger charge is 2.38. The van der Waals surface area contributed by atoms with Crippen LogP contribution in [-0.2, 0) is 4.79 Å². The van der Waals surface area contributed by atoms with Crippen molar-refractivity contribution in [2.24, 2.45) is 4.99 Å². The summed E-state index contributed by atoms with van der Waals surface area (Å²) in [6.07, 6.45) is 0. The van der Waals surface area contributed by atoms with Crippen LogP contribution >= 0.6 is 39.5 Å². The van der Waals surface area contributed by atoms with Crippen LogP contribution in [0.1, 0.15) is 6.92 Å². The molecule has 0 radical (unpaired) electrons. The zero-order valence-corrected chi connectivity index (χ0v) is 18.8. The van der Waals surface area contributed by atoms with Gasteiger partial charge in [0.25, 0.3) is 5.91 Å². The highest BCUT2D eigenvalue weighted by Crippen LogP contribution is 2.51. The third kappa shape index (κ3) is 3.44. The Balaban J connectivity index is 1.72. The molecule has 2 aliphatic rings. The molecule has 2 aromatic carbocycles. The average molecular weight is 476 g/mol. The zero-order valence-electron chi connectivity index (χ0n) is 15.6. The minimum atomic E-state index is -0.00429. The number of benzene rings is 2. The molecule has 2 heterocycles. The van der Waals surface area contributed by atoms with Crippen LogP contribution in [-0.4, -0.2) is 36.7 Å². The lowest BCUT2D eigenvalue weighted by atomic mass is 10.3. The molecule has 2 aromatic rings. The summed E-state index contributed by atoms with van der Waals surface area (Å²) in [5, 5.41) is 1.63. The summed E-state index contributed by atoms with van der Waals surface area (Å²) in [6, 6.07) is 13.7. The smallest absolute Gasteiger partial charge is 0.269 e. The SMILES string of the molecule is CCN1C(=O)C(=C2Sc3ccc(OC)cc3N2C)SC1=Nc1cccc(Br)c1. The van der Waals surface area contributed by atoms with Crippen molar-refractivity contribution in [3.8, 4) is 5.75 Å². The number of aliphatic imine (C=N–C) groups is 1. The molecular weight excluding hydrogens is 458 g/mol. The molecule has 2 aliphatic heterocycles. The molecule has 1 amide bonds. The van der Waals surface area contributed by atoms with Crippen LogP contribution in [0.4, 0.5) is 11.4 Å². The number of thioether (sulfide) groups is 2. The molecule has 0 bridgehead atoms. The number of fused-ring (bicyclic) bond motifs is 1. The van der Waals surface area contributed by atoms with Gasteiger partial charge in [-0.2, -0.15) is 0 Å². The number of amides is 1. The third-order valence-corrected chi connectivity index (χ3v) is 7.37. The van der Waals surface area contributed by atoms with Gasteiger partial charge >= 0.3 is 0 Å². The highest BCUT2D eigenvalue weighted by atomic mass is 79.9. The van der Waals surface area contributed by atoms with E-state index in [0.29, 0.717) is 16.6 Å². The van der Waals surface area contributed by atoms with Gasteiger partial charge in [-0.05, 0) is 49.0 Å². The van der Waals surface area contributed by atoms with E-state index in [1.54, 1.807) is 23.8 Å². The highest BCUT2D eigenvalue weighted by molar-refractivity contribution is 9.10. The number of hydrogen-bond donors (Lipinski definition) is 0. The number of carbonyl (C=O) groups excluding carboxylic acids is 1. The van der Waals surface area contributed by atoms with Crippen molar-refractivity contribution in [3.05, 3.63) is 56.9 Å². The monoisotopic (exact) mass is 475 g/mol. The molecule has 5 nitrogen and oxygen atoms in total. The lowest BCUT2D eigenvalue weighted by Gasteiger charge is -2.15. The van der Waals surface area contributed by atoms with Crippen LogP contribution in [0.2, 0.25) is 0 Å². The summed E-state index contributed by atoms with van der Waals surface area (Å²) < 4.78 is 6.30. The predicted octanol–water partition coefficient (Wildman–Crippen LogP) is 5.45. The van der Waals surface area contributed by atoms with Gasteiger partial charge in [0.05, 0.1) is 23.5 Å². The van der Waals surface area contributed by atoms with E-state index in [-0.39, 0.29) is 5.91 Å². The van der Waals surface area contributed by atoms with Crippen LogP contribution in [0.15, 0.2) is 66.8 Å². The first-order valence-corrected chi connectivity index (χ1v) is 11.1. The third-order valence-electron chi connectivity index (χ3n) is 4.45. The van der Waals surface area contributed by atoms with Crippen molar-refractivity contribution < 1.29 is 9.53 Å². The summed E-state index contributed by atoms with van der Waals surface area (Å²) in [5.74, 6) is 0.797. The maximum absolute atomic E-state index is 13.1. The van der Waals surface area contributed by atoms with Gasteiger partial charge in [-0.3, -0.25) is 9.69 Å². The van der Waals surface area contributed by atoms with Crippen molar-refractivity contribution in [3.63, 3.8) is 0 Å². The summed E-state index contributed by atoms with van der Waals surface area (Å²) in [7, 11) is 3.64. The Morgan fingerprint density at radius 1 is 1.18 bits per heavy atom. The molecule has 0 aromatic heterocycles. The van der Waals surface area contributed by atoms with Crippen molar-refractivity contribution in [1.82, 2.24) is 4.90 Å². The molecule has 8 heteroatoms. The van der Waals surface area contributed by atoms with Gasteiger partial charge in [0.15, 0.2) is 5.17 Å². The van der Waals surface area contributed by atoms with Gasteiger partial charge in [-0.25, -0.2) is 4.99 Å². The van der Waals surface area contributed by atoms with Crippen LogP contribution in [0.5, 0.6) is 5.75 Å². The number of halogens is 1. The largest absolute Gasteiger partial charge is 0.497 e. The Bertz CT molecular complexity index is 1020. The number of amidine groups is 1. The molecule has 0 N–H and O–H groups in total. The first kappa shape index (κ1) is 19.4. The molecule has 1 fully saturated rings. The van der Waals surface area contributed by atoms with E-state index in [1.807, 2.05) is 56.4 Å². The molecular formula is C20H18BrN3O2S2. The van der Waals surface area contributed by atoms with E-state index in [2.05, 4.69) is 20.8 Å². The molecule has 4 rings (SSSR count). The fourth-order valence-electron chi connectivity index (χ4n) is 3.01. The van der Waals surface area contributed by atoms with E-state index in [1.165, 1.54) is 11.8 Å². The molecule has 0 saturated carbocycles. The number of ether oxygens (including phenoxy) is 1. The van der Waals surface area contributed by atoms with E-state index < -0.39 is 0 Å². The Labute approximate surface area is 181 Å². The number of hydrogen-bond acceptors (Lipinski definition) is 6. The Morgan fingerprint density at radius 2 is 2.00 bits per heavy atom. The molecule has 1 saturated heterocycles. The predicted molar refractivity (Wildman–Crippen MR) is 120 cm³/mol. The van der Waals surface area contributed by atoms with Crippen molar-refractivity contribution in [2.45, 2.75) is 11.8 Å². The second kappa shape index (κ2) is 7.85. The zero-order chi connectivity index (χ0) is 19.8.